The van der Waals surface area contributed by atoms with Gasteiger partial charge in [-0.1, -0.05) is 91.9 Å². The highest BCUT2D eigenvalue weighted by Crippen LogP contribution is 3.09. The molecule has 9 saturated carbocycles. The number of halogens is 1. The molecule has 1 heteroatoms. The Morgan fingerprint density at radius 1 is 0.429 bits per heavy atom. The molecular formula is C41H37I. The van der Waals surface area contributed by atoms with Gasteiger partial charge in [-0.25, -0.2) is 0 Å². The quantitative estimate of drug-likeness (QED) is 0.188. The van der Waals surface area contributed by atoms with Crippen LogP contribution in [0.3, 0.4) is 0 Å². The molecule has 2 bridgehead atoms. The smallest absolute Gasteiger partial charge is 0.0130 e. The minimum atomic E-state index is 0.454. The molecular weight excluding hydrogens is 619 g/mol. The van der Waals surface area contributed by atoms with Gasteiger partial charge in [-0.05, 0) is 159 Å². The molecule has 13 rings (SSSR count). The van der Waals surface area contributed by atoms with Crippen LogP contribution < -0.4 is 0 Å². The average Bonchev–Trinajstić information content (AvgIpc) is 3.06. The minimum absolute atomic E-state index is 0.454. The van der Waals surface area contributed by atoms with Crippen LogP contribution in [0.4, 0.5) is 0 Å². The van der Waals surface area contributed by atoms with E-state index in [1.54, 1.807) is 16.7 Å². The first-order chi connectivity index (χ1) is 20.5. The summed E-state index contributed by atoms with van der Waals surface area (Å²) in [6, 6.07) is 38.3. The summed E-state index contributed by atoms with van der Waals surface area (Å²) in [5.74, 6) is 5.89. The third kappa shape index (κ3) is 2.41. The van der Waals surface area contributed by atoms with Crippen LogP contribution >= 0.6 is 22.6 Å². The molecule has 9 aliphatic carbocycles. The van der Waals surface area contributed by atoms with E-state index < -0.39 is 0 Å². The van der Waals surface area contributed by atoms with Crippen molar-refractivity contribution in [1.82, 2.24) is 0 Å². The van der Waals surface area contributed by atoms with Crippen LogP contribution in [0.1, 0.15) is 62.1 Å². The summed E-state index contributed by atoms with van der Waals surface area (Å²) < 4.78 is 1.36. The molecule has 0 radical (unpaired) electrons. The molecule has 208 valence electrons. The highest BCUT2D eigenvalue weighted by Gasteiger charge is 3.09. The number of fused-ring (bicyclic) bond motifs is 3. The number of hydrogen-bond acceptors (Lipinski definition) is 0. The van der Waals surface area contributed by atoms with Crippen molar-refractivity contribution in [3.8, 4) is 22.3 Å². The number of hydrogen-bond donors (Lipinski definition) is 0. The second-order valence-corrected chi connectivity index (χ2v) is 17.1. The van der Waals surface area contributed by atoms with Crippen molar-refractivity contribution in [2.75, 3.05) is 0 Å². The molecule has 4 aromatic carbocycles. The largest absolute Gasteiger partial charge is 0.0596 e. The fourth-order valence-electron chi connectivity index (χ4n) is 13.0. The lowest BCUT2D eigenvalue weighted by atomic mass is 8.91. The monoisotopic (exact) mass is 656 g/mol. The molecule has 0 aliphatic heterocycles. The van der Waals surface area contributed by atoms with Gasteiger partial charge in [-0.15, -0.1) is 0 Å². The molecule has 0 heterocycles. The number of benzene rings is 4. The Bertz CT molecular complexity index is 1700. The lowest BCUT2D eigenvalue weighted by molar-refractivity contribution is -0.596. The van der Waals surface area contributed by atoms with Crippen molar-refractivity contribution in [2.45, 2.75) is 61.7 Å². The summed E-state index contributed by atoms with van der Waals surface area (Å²) in [6.07, 6.45) is 8.39. The molecule has 0 N–H and O–H groups in total. The molecule has 0 atom stereocenters. The molecule has 42 heavy (non-hydrogen) atoms. The molecule has 0 nitrogen and oxygen atoms in total. The van der Waals surface area contributed by atoms with E-state index >= 15 is 0 Å². The normalized spacial score (nSPS) is 43.8. The van der Waals surface area contributed by atoms with Gasteiger partial charge in [-0.3, -0.25) is 0 Å². The third-order valence-corrected chi connectivity index (χ3v) is 15.7. The van der Waals surface area contributed by atoms with Crippen molar-refractivity contribution >= 4 is 22.6 Å². The van der Waals surface area contributed by atoms with Gasteiger partial charge in [0.1, 0.15) is 0 Å². The van der Waals surface area contributed by atoms with Crippen molar-refractivity contribution in [3.05, 3.63) is 117 Å². The Morgan fingerprint density at radius 2 is 0.738 bits per heavy atom. The van der Waals surface area contributed by atoms with Crippen LogP contribution in [-0.4, -0.2) is 0 Å². The average molecular weight is 657 g/mol. The highest BCUT2D eigenvalue weighted by atomic mass is 127. The van der Waals surface area contributed by atoms with Crippen molar-refractivity contribution in [3.63, 3.8) is 0 Å². The van der Waals surface area contributed by atoms with Gasteiger partial charge in [0.05, 0.1) is 0 Å². The van der Waals surface area contributed by atoms with Gasteiger partial charge in [-0.2, -0.15) is 0 Å². The van der Waals surface area contributed by atoms with E-state index in [0.717, 1.165) is 35.5 Å². The molecule has 0 saturated heterocycles. The predicted molar refractivity (Wildman–Crippen MR) is 178 cm³/mol. The first kappa shape index (κ1) is 24.0. The first-order valence-electron chi connectivity index (χ1n) is 16.6. The van der Waals surface area contributed by atoms with Gasteiger partial charge in [0.25, 0.3) is 0 Å². The maximum absolute atomic E-state index is 2.52. The maximum Gasteiger partial charge on any atom is 0.0130 e. The molecule has 0 amide bonds. The third-order valence-electron chi connectivity index (χ3n) is 15.0. The standard InChI is InChI=1S/C41H37I/c1-38-18-21-39(22-19-38,23-20-38)28-10-6-26(7-11-28)24-2-4-25(5-3-24)27-8-12-29(13-9-27)40-32-35-33(40)37-34(40)36(32)41(35,37)30-14-16-31(42)17-15-30/h2-17,32-37H,18-23H2,1H3. The summed E-state index contributed by atoms with van der Waals surface area (Å²) in [5, 5.41) is 0. The summed E-state index contributed by atoms with van der Waals surface area (Å²) in [5.41, 5.74) is 12.5. The lowest BCUT2D eigenvalue weighted by Gasteiger charge is -3.12. The van der Waals surface area contributed by atoms with Crippen molar-refractivity contribution < 1.29 is 0 Å². The van der Waals surface area contributed by atoms with E-state index in [9.17, 15) is 0 Å². The van der Waals surface area contributed by atoms with Crippen LogP contribution in [0, 0.1) is 44.5 Å². The SMILES string of the molecule is CC12CCC(c3ccc(-c4ccc(-c5ccc(C67C8C9C6C6C7C8C96c6ccc(I)cc6)cc5)cc4)cc3)(CC1)CC2. The second kappa shape index (κ2) is 7.45. The van der Waals surface area contributed by atoms with E-state index in [2.05, 4.69) is 127 Å². The van der Waals surface area contributed by atoms with Gasteiger partial charge < -0.3 is 0 Å². The summed E-state index contributed by atoms with van der Waals surface area (Å²) >= 11 is 2.44. The Hall–Kier alpha value is -2.39. The predicted octanol–water partition coefficient (Wildman–Crippen LogP) is 10.2. The van der Waals surface area contributed by atoms with Crippen molar-refractivity contribution in [2.24, 2.45) is 40.9 Å². The van der Waals surface area contributed by atoms with E-state index in [1.807, 2.05) is 0 Å². The van der Waals surface area contributed by atoms with Gasteiger partial charge >= 0.3 is 0 Å². The Kier molecular flexibility index (Phi) is 4.26. The topological polar surface area (TPSA) is 0 Å². The van der Waals surface area contributed by atoms with E-state index in [1.165, 1.54) is 64.3 Å². The van der Waals surface area contributed by atoms with Crippen LogP contribution in [-0.2, 0) is 16.2 Å². The zero-order chi connectivity index (χ0) is 27.6. The highest BCUT2D eigenvalue weighted by molar-refractivity contribution is 14.1. The van der Waals surface area contributed by atoms with E-state index in [0.29, 0.717) is 21.7 Å². The molecule has 4 aromatic rings. The molecule has 0 spiro atoms. The number of rotatable bonds is 5. The van der Waals surface area contributed by atoms with Crippen LogP contribution in [0.5, 0.6) is 0 Å². The Morgan fingerprint density at radius 3 is 1.12 bits per heavy atom. The molecule has 9 fully saturated rings. The summed E-state index contributed by atoms with van der Waals surface area (Å²) in [4.78, 5) is 0. The lowest BCUT2D eigenvalue weighted by Crippen LogP contribution is -3.12. The zero-order valence-electron chi connectivity index (χ0n) is 24.3. The van der Waals surface area contributed by atoms with Gasteiger partial charge in [0.2, 0.25) is 0 Å². The summed E-state index contributed by atoms with van der Waals surface area (Å²) in [7, 11) is 0. The first-order valence-corrected chi connectivity index (χ1v) is 17.7. The van der Waals surface area contributed by atoms with Gasteiger partial charge in [0.15, 0.2) is 0 Å². The molecule has 0 aromatic heterocycles. The van der Waals surface area contributed by atoms with Crippen LogP contribution in [0.2, 0.25) is 0 Å². The fourth-order valence-corrected chi connectivity index (χ4v) is 13.4. The fraction of sp³-hybridized carbons (Fsp3) is 0.415. The zero-order valence-corrected chi connectivity index (χ0v) is 26.5. The van der Waals surface area contributed by atoms with Gasteiger partial charge in [0, 0.05) is 14.4 Å². The van der Waals surface area contributed by atoms with Crippen molar-refractivity contribution in [1.29, 1.82) is 0 Å². The summed E-state index contributed by atoms with van der Waals surface area (Å²) in [6.45, 7) is 2.52. The second-order valence-electron chi connectivity index (χ2n) is 15.9. The maximum atomic E-state index is 2.52. The van der Waals surface area contributed by atoms with E-state index in [-0.39, 0.29) is 0 Å². The Balaban J connectivity index is 0.805. The molecule has 9 aliphatic rings. The Labute approximate surface area is 263 Å². The minimum Gasteiger partial charge on any atom is -0.0596 e. The van der Waals surface area contributed by atoms with Crippen LogP contribution in [0.15, 0.2) is 97.1 Å². The molecule has 0 unspecified atom stereocenters. The van der Waals surface area contributed by atoms with E-state index in [4.69, 9.17) is 0 Å². The van der Waals surface area contributed by atoms with Crippen LogP contribution in [0.25, 0.3) is 22.3 Å².